The van der Waals surface area contributed by atoms with Gasteiger partial charge in [0.1, 0.15) is 17.3 Å². The van der Waals surface area contributed by atoms with Crippen LogP contribution in [0.5, 0.6) is 0 Å². The van der Waals surface area contributed by atoms with Crippen LogP contribution in [0.25, 0.3) is 22.3 Å². The Morgan fingerprint density at radius 3 is 2.84 bits per heavy atom. The first-order chi connectivity index (χ1) is 12.1. The van der Waals surface area contributed by atoms with Gasteiger partial charge in [0.2, 0.25) is 0 Å². The second-order valence-electron chi connectivity index (χ2n) is 5.69. The van der Waals surface area contributed by atoms with E-state index in [4.69, 9.17) is 0 Å². The van der Waals surface area contributed by atoms with Gasteiger partial charge in [-0.1, -0.05) is 12.1 Å². The summed E-state index contributed by atoms with van der Waals surface area (Å²) in [5, 5.41) is 10.4. The molecule has 0 saturated carbocycles. The number of aryl methyl sites for hydroxylation is 1. The average molecular weight is 335 g/mol. The number of aromatic nitrogens is 4. The van der Waals surface area contributed by atoms with Crippen LogP contribution in [0.3, 0.4) is 0 Å². The molecule has 25 heavy (non-hydrogen) atoms. The number of carbonyl (C=O) groups excluding carboxylic acids is 1. The summed E-state index contributed by atoms with van der Waals surface area (Å²) in [4.78, 5) is 19.7. The Balaban J connectivity index is 1.59. The molecule has 0 bridgehead atoms. The van der Waals surface area contributed by atoms with E-state index in [1.165, 1.54) is 12.1 Å². The van der Waals surface area contributed by atoms with Crippen molar-refractivity contribution in [2.45, 2.75) is 6.92 Å². The summed E-state index contributed by atoms with van der Waals surface area (Å²) in [5.74, 6) is 0.636. The smallest absolute Gasteiger partial charge is 0.272 e. The van der Waals surface area contributed by atoms with Crippen molar-refractivity contribution in [3.63, 3.8) is 0 Å². The van der Waals surface area contributed by atoms with Crippen molar-refractivity contribution in [2.24, 2.45) is 0 Å². The van der Waals surface area contributed by atoms with E-state index in [1.54, 1.807) is 24.3 Å². The van der Waals surface area contributed by atoms with E-state index in [0.717, 1.165) is 11.4 Å². The van der Waals surface area contributed by atoms with E-state index in [1.807, 2.05) is 19.1 Å². The van der Waals surface area contributed by atoms with Gasteiger partial charge in [-0.2, -0.15) is 5.10 Å². The number of aromatic amines is 2. The lowest BCUT2D eigenvalue weighted by Gasteiger charge is -2.05. The molecule has 7 heteroatoms. The van der Waals surface area contributed by atoms with E-state index >= 15 is 0 Å². The Bertz CT molecular complexity index is 1080. The van der Waals surface area contributed by atoms with Crippen molar-refractivity contribution in [3.8, 4) is 11.4 Å². The minimum Gasteiger partial charge on any atom is -0.351 e. The molecular weight excluding hydrogens is 321 g/mol. The van der Waals surface area contributed by atoms with Crippen LogP contribution in [0.2, 0.25) is 0 Å². The zero-order valence-electron chi connectivity index (χ0n) is 13.3. The van der Waals surface area contributed by atoms with Crippen molar-refractivity contribution in [1.29, 1.82) is 0 Å². The summed E-state index contributed by atoms with van der Waals surface area (Å²) >= 11 is 0. The van der Waals surface area contributed by atoms with Crippen molar-refractivity contribution in [3.05, 3.63) is 65.9 Å². The van der Waals surface area contributed by atoms with Crippen LogP contribution in [0.4, 0.5) is 10.1 Å². The van der Waals surface area contributed by atoms with Crippen molar-refractivity contribution in [2.75, 3.05) is 5.32 Å². The zero-order valence-corrected chi connectivity index (χ0v) is 13.3. The first-order valence-electron chi connectivity index (χ1n) is 7.67. The molecule has 3 N–H and O–H groups in total. The summed E-state index contributed by atoms with van der Waals surface area (Å²) in [7, 11) is 0. The SMILES string of the molecule is Cc1nc(-c2cccc(NC(=O)c3cc4cc(F)ccc4[nH]3)c2)n[nH]1. The predicted octanol–water partition coefficient (Wildman–Crippen LogP) is 3.65. The van der Waals surface area contributed by atoms with Gasteiger partial charge in [0.05, 0.1) is 0 Å². The highest BCUT2D eigenvalue weighted by molar-refractivity contribution is 6.06. The molecule has 0 spiro atoms. The molecule has 4 aromatic rings. The number of anilines is 1. The van der Waals surface area contributed by atoms with E-state index in [-0.39, 0.29) is 11.7 Å². The maximum Gasteiger partial charge on any atom is 0.272 e. The highest BCUT2D eigenvalue weighted by Gasteiger charge is 2.11. The molecule has 0 aliphatic rings. The summed E-state index contributed by atoms with van der Waals surface area (Å²) in [5.41, 5.74) is 2.48. The lowest BCUT2D eigenvalue weighted by molar-refractivity contribution is 0.102. The van der Waals surface area contributed by atoms with Gasteiger partial charge in [-0.25, -0.2) is 9.37 Å². The lowest BCUT2D eigenvalue weighted by atomic mass is 10.2. The van der Waals surface area contributed by atoms with Crippen LogP contribution >= 0.6 is 0 Å². The number of nitrogens with zero attached hydrogens (tertiary/aromatic N) is 2. The molecule has 0 aliphatic heterocycles. The molecule has 0 atom stereocenters. The Morgan fingerprint density at radius 1 is 1.16 bits per heavy atom. The Kier molecular flexibility index (Phi) is 3.53. The minimum absolute atomic E-state index is 0.306. The molecule has 124 valence electrons. The third-order valence-electron chi connectivity index (χ3n) is 3.80. The second-order valence-corrected chi connectivity index (χ2v) is 5.69. The molecule has 6 nitrogen and oxygen atoms in total. The first kappa shape index (κ1) is 15.1. The second kappa shape index (κ2) is 5.86. The number of carbonyl (C=O) groups is 1. The number of amides is 1. The number of hydrogen-bond donors (Lipinski definition) is 3. The van der Waals surface area contributed by atoms with Crippen LogP contribution in [0.15, 0.2) is 48.5 Å². The highest BCUT2D eigenvalue weighted by Crippen LogP contribution is 2.21. The topological polar surface area (TPSA) is 86.5 Å². The molecule has 2 heterocycles. The van der Waals surface area contributed by atoms with Crippen LogP contribution in [0.1, 0.15) is 16.3 Å². The zero-order chi connectivity index (χ0) is 17.4. The molecular formula is C18H14FN5O. The van der Waals surface area contributed by atoms with Gasteiger partial charge in [-0.3, -0.25) is 9.89 Å². The standard InChI is InChI=1S/C18H14FN5O/c1-10-20-17(24-23-10)11-3-2-4-14(8-11)21-18(25)16-9-12-7-13(19)5-6-15(12)22-16/h2-9,22H,1H3,(H,21,25)(H,20,23,24). The number of nitrogens with one attached hydrogen (secondary N) is 3. The van der Waals surface area contributed by atoms with Gasteiger partial charge in [0, 0.05) is 22.2 Å². The third kappa shape index (κ3) is 2.99. The normalized spacial score (nSPS) is 11.0. The Hall–Kier alpha value is -3.48. The molecule has 0 saturated heterocycles. The number of halogens is 1. The van der Waals surface area contributed by atoms with Gasteiger partial charge in [-0.15, -0.1) is 0 Å². The van der Waals surface area contributed by atoms with Crippen LogP contribution in [-0.4, -0.2) is 26.1 Å². The maximum absolute atomic E-state index is 13.3. The van der Waals surface area contributed by atoms with E-state index in [2.05, 4.69) is 25.5 Å². The van der Waals surface area contributed by atoms with E-state index in [0.29, 0.717) is 28.1 Å². The van der Waals surface area contributed by atoms with Crippen LogP contribution < -0.4 is 5.32 Å². The molecule has 2 aromatic carbocycles. The quantitative estimate of drug-likeness (QED) is 0.534. The van der Waals surface area contributed by atoms with Crippen molar-refractivity contribution < 1.29 is 9.18 Å². The van der Waals surface area contributed by atoms with E-state index in [9.17, 15) is 9.18 Å². The fourth-order valence-corrected chi connectivity index (χ4v) is 2.63. The third-order valence-corrected chi connectivity index (χ3v) is 3.80. The van der Waals surface area contributed by atoms with Gasteiger partial charge in [-0.05, 0) is 43.3 Å². The highest BCUT2D eigenvalue weighted by atomic mass is 19.1. The molecule has 1 amide bonds. The number of rotatable bonds is 3. The van der Waals surface area contributed by atoms with Crippen LogP contribution in [-0.2, 0) is 0 Å². The van der Waals surface area contributed by atoms with Crippen molar-refractivity contribution in [1.82, 2.24) is 20.2 Å². The maximum atomic E-state index is 13.3. The number of benzene rings is 2. The first-order valence-corrected chi connectivity index (χ1v) is 7.67. The fraction of sp³-hybridized carbons (Fsp3) is 0.0556. The van der Waals surface area contributed by atoms with Crippen molar-refractivity contribution >= 4 is 22.5 Å². The predicted molar refractivity (Wildman–Crippen MR) is 92.8 cm³/mol. The Morgan fingerprint density at radius 2 is 2.04 bits per heavy atom. The molecule has 0 unspecified atom stereocenters. The summed E-state index contributed by atoms with van der Waals surface area (Å²) < 4.78 is 13.3. The number of H-pyrrole nitrogens is 2. The Labute approximate surface area is 142 Å². The molecule has 0 aliphatic carbocycles. The average Bonchev–Trinajstić information content (AvgIpc) is 3.21. The van der Waals surface area contributed by atoms with E-state index < -0.39 is 0 Å². The van der Waals surface area contributed by atoms with Gasteiger partial charge in [0.15, 0.2) is 5.82 Å². The number of hydrogen-bond acceptors (Lipinski definition) is 3. The minimum atomic E-state index is -0.340. The number of fused-ring (bicyclic) bond motifs is 1. The van der Waals surface area contributed by atoms with Gasteiger partial charge < -0.3 is 10.3 Å². The van der Waals surface area contributed by atoms with Gasteiger partial charge >= 0.3 is 0 Å². The summed E-state index contributed by atoms with van der Waals surface area (Å²) in [6.45, 7) is 1.82. The van der Waals surface area contributed by atoms with Gasteiger partial charge in [0.25, 0.3) is 5.91 Å². The summed E-state index contributed by atoms with van der Waals surface area (Å²) in [6.07, 6.45) is 0. The molecule has 4 rings (SSSR count). The molecule has 0 radical (unpaired) electrons. The monoisotopic (exact) mass is 335 g/mol. The largest absolute Gasteiger partial charge is 0.351 e. The van der Waals surface area contributed by atoms with Crippen LogP contribution in [0, 0.1) is 12.7 Å². The molecule has 0 fully saturated rings. The molecule has 2 aromatic heterocycles. The fourth-order valence-electron chi connectivity index (χ4n) is 2.63. The lowest BCUT2D eigenvalue weighted by Crippen LogP contribution is -2.12. The summed E-state index contributed by atoms with van der Waals surface area (Å²) in [6, 6.07) is 13.2.